The maximum Gasteiger partial charge on any atom is 0.0813 e. The summed E-state index contributed by atoms with van der Waals surface area (Å²) in [6.07, 6.45) is 8.63. The van der Waals surface area contributed by atoms with Crippen LogP contribution in [0.4, 0.5) is 0 Å². The highest BCUT2D eigenvalue weighted by atomic mass is 16.5. The molecule has 3 nitrogen and oxygen atoms in total. The second-order valence-electron chi connectivity index (χ2n) is 5.18. The maximum atomic E-state index is 5.86. The predicted octanol–water partition coefficient (Wildman–Crippen LogP) is 1.96. The van der Waals surface area contributed by atoms with Crippen molar-refractivity contribution in [1.82, 2.24) is 5.32 Å². The van der Waals surface area contributed by atoms with Gasteiger partial charge in [-0.1, -0.05) is 19.3 Å². The monoisotopic (exact) mass is 227 g/mol. The van der Waals surface area contributed by atoms with Crippen molar-refractivity contribution in [3.8, 4) is 0 Å². The molecule has 2 aliphatic rings. The summed E-state index contributed by atoms with van der Waals surface area (Å²) < 4.78 is 11.6. The normalized spacial score (nSPS) is 30.6. The van der Waals surface area contributed by atoms with Gasteiger partial charge in [0.1, 0.15) is 0 Å². The van der Waals surface area contributed by atoms with E-state index in [4.69, 9.17) is 9.47 Å². The lowest BCUT2D eigenvalue weighted by atomic mass is 9.83. The predicted molar refractivity (Wildman–Crippen MR) is 64.6 cm³/mol. The van der Waals surface area contributed by atoms with Crippen LogP contribution in [0.15, 0.2) is 0 Å². The van der Waals surface area contributed by atoms with E-state index in [-0.39, 0.29) is 0 Å². The topological polar surface area (TPSA) is 30.5 Å². The average Bonchev–Trinajstić information content (AvgIpc) is 2.63. The van der Waals surface area contributed by atoms with E-state index in [0.29, 0.717) is 12.2 Å². The quantitative estimate of drug-likeness (QED) is 0.674. The molecule has 94 valence electrons. The SMILES string of the molecule is CNCC1CCC(COCCC2CCC2)O1. The molecule has 1 heterocycles. The molecule has 0 aromatic carbocycles. The lowest BCUT2D eigenvalue weighted by molar-refractivity contribution is -0.0178. The highest BCUT2D eigenvalue weighted by molar-refractivity contribution is 4.74. The van der Waals surface area contributed by atoms with Gasteiger partial charge in [0.15, 0.2) is 0 Å². The van der Waals surface area contributed by atoms with Crippen LogP contribution in [0.2, 0.25) is 0 Å². The highest BCUT2D eigenvalue weighted by Gasteiger charge is 2.24. The average molecular weight is 227 g/mol. The van der Waals surface area contributed by atoms with Crippen LogP contribution in [-0.4, -0.2) is 39.0 Å². The molecule has 1 N–H and O–H groups in total. The number of hydrogen-bond acceptors (Lipinski definition) is 3. The molecule has 3 heteroatoms. The minimum atomic E-state index is 0.347. The van der Waals surface area contributed by atoms with Crippen molar-refractivity contribution in [3.05, 3.63) is 0 Å². The van der Waals surface area contributed by atoms with Crippen LogP contribution in [0.5, 0.6) is 0 Å². The Hall–Kier alpha value is -0.120. The van der Waals surface area contributed by atoms with Gasteiger partial charge in [0.25, 0.3) is 0 Å². The standard InChI is InChI=1S/C13H25NO2/c1-14-9-12-5-6-13(16-12)10-15-8-7-11-3-2-4-11/h11-14H,2-10H2,1H3. The molecular formula is C13H25NO2. The number of ether oxygens (including phenoxy) is 2. The molecule has 0 amide bonds. The van der Waals surface area contributed by atoms with E-state index in [1.807, 2.05) is 7.05 Å². The molecule has 1 aliphatic heterocycles. The fraction of sp³-hybridized carbons (Fsp3) is 1.00. The van der Waals surface area contributed by atoms with Gasteiger partial charge in [-0.2, -0.15) is 0 Å². The zero-order valence-corrected chi connectivity index (χ0v) is 10.4. The zero-order chi connectivity index (χ0) is 11.2. The minimum absolute atomic E-state index is 0.347. The Bertz CT molecular complexity index is 194. The van der Waals surface area contributed by atoms with Crippen LogP contribution in [0.3, 0.4) is 0 Å². The fourth-order valence-electron chi connectivity index (χ4n) is 2.53. The van der Waals surface area contributed by atoms with Crippen LogP contribution >= 0.6 is 0 Å². The second-order valence-corrected chi connectivity index (χ2v) is 5.18. The van der Waals surface area contributed by atoms with Crippen LogP contribution in [-0.2, 0) is 9.47 Å². The summed E-state index contributed by atoms with van der Waals surface area (Å²) in [5, 5.41) is 3.16. The van der Waals surface area contributed by atoms with E-state index < -0.39 is 0 Å². The first-order valence-electron chi connectivity index (χ1n) is 6.76. The number of hydrogen-bond donors (Lipinski definition) is 1. The molecule has 2 unspecified atom stereocenters. The second kappa shape index (κ2) is 6.58. The van der Waals surface area contributed by atoms with Gasteiger partial charge in [0.05, 0.1) is 18.8 Å². The molecule has 1 aliphatic carbocycles. The summed E-state index contributed by atoms with van der Waals surface area (Å²) in [6.45, 7) is 2.70. The summed E-state index contributed by atoms with van der Waals surface area (Å²) in [6, 6.07) is 0. The van der Waals surface area contributed by atoms with Crippen LogP contribution in [0.25, 0.3) is 0 Å². The van der Waals surface area contributed by atoms with Gasteiger partial charge >= 0.3 is 0 Å². The van der Waals surface area contributed by atoms with Crippen molar-refractivity contribution in [2.24, 2.45) is 5.92 Å². The van der Waals surface area contributed by atoms with Crippen molar-refractivity contribution in [2.75, 3.05) is 26.8 Å². The summed E-state index contributed by atoms with van der Waals surface area (Å²) in [5.41, 5.74) is 0. The van der Waals surface area contributed by atoms with Crippen LogP contribution in [0.1, 0.15) is 38.5 Å². The molecule has 16 heavy (non-hydrogen) atoms. The number of nitrogens with one attached hydrogen (secondary N) is 1. The molecule has 2 atom stereocenters. The number of rotatable bonds is 7. The Labute approximate surface area is 98.9 Å². The lowest BCUT2D eigenvalue weighted by Crippen LogP contribution is -2.25. The molecule has 0 bridgehead atoms. The third-order valence-corrected chi connectivity index (χ3v) is 3.83. The Balaban J connectivity index is 1.47. The zero-order valence-electron chi connectivity index (χ0n) is 10.4. The molecule has 1 saturated carbocycles. The summed E-state index contributed by atoms with van der Waals surface area (Å²) in [7, 11) is 1.98. The molecule has 1 saturated heterocycles. The van der Waals surface area contributed by atoms with E-state index in [9.17, 15) is 0 Å². The first-order valence-corrected chi connectivity index (χ1v) is 6.76. The molecule has 2 rings (SSSR count). The molecule has 0 spiro atoms. The molecule has 0 aromatic heterocycles. The van der Waals surface area contributed by atoms with Gasteiger partial charge in [-0.3, -0.25) is 0 Å². The van der Waals surface area contributed by atoms with E-state index >= 15 is 0 Å². The van der Waals surface area contributed by atoms with Gasteiger partial charge in [-0.05, 0) is 32.2 Å². The van der Waals surface area contributed by atoms with E-state index in [0.717, 1.165) is 32.1 Å². The Morgan fingerprint density at radius 2 is 2.00 bits per heavy atom. The van der Waals surface area contributed by atoms with Crippen LogP contribution in [0, 0.1) is 5.92 Å². The van der Waals surface area contributed by atoms with Gasteiger partial charge in [-0.15, -0.1) is 0 Å². The molecule has 0 aromatic rings. The Morgan fingerprint density at radius 1 is 1.19 bits per heavy atom. The third kappa shape index (κ3) is 3.72. The summed E-state index contributed by atoms with van der Waals surface area (Å²) in [5.74, 6) is 0.960. The first-order chi connectivity index (χ1) is 7.88. The van der Waals surface area contributed by atoms with Gasteiger partial charge < -0.3 is 14.8 Å². The van der Waals surface area contributed by atoms with Crippen molar-refractivity contribution >= 4 is 0 Å². The van der Waals surface area contributed by atoms with Crippen molar-refractivity contribution in [1.29, 1.82) is 0 Å². The lowest BCUT2D eigenvalue weighted by Gasteiger charge is -2.25. The highest BCUT2D eigenvalue weighted by Crippen LogP contribution is 2.29. The fourth-order valence-corrected chi connectivity index (χ4v) is 2.53. The van der Waals surface area contributed by atoms with Crippen LogP contribution < -0.4 is 5.32 Å². The largest absolute Gasteiger partial charge is 0.379 e. The third-order valence-electron chi connectivity index (χ3n) is 3.83. The van der Waals surface area contributed by atoms with Crippen molar-refractivity contribution in [2.45, 2.75) is 50.7 Å². The van der Waals surface area contributed by atoms with Gasteiger partial charge in [0, 0.05) is 13.2 Å². The van der Waals surface area contributed by atoms with E-state index in [1.54, 1.807) is 0 Å². The van der Waals surface area contributed by atoms with Gasteiger partial charge in [-0.25, -0.2) is 0 Å². The smallest absolute Gasteiger partial charge is 0.0813 e. The van der Waals surface area contributed by atoms with Gasteiger partial charge in [0.2, 0.25) is 0 Å². The Morgan fingerprint density at radius 3 is 2.69 bits per heavy atom. The molecule has 0 radical (unpaired) electrons. The molecule has 2 fully saturated rings. The summed E-state index contributed by atoms with van der Waals surface area (Å²) in [4.78, 5) is 0. The maximum absolute atomic E-state index is 5.86. The summed E-state index contributed by atoms with van der Waals surface area (Å²) >= 11 is 0. The number of likely N-dealkylation sites (N-methyl/N-ethyl adjacent to an activating group) is 1. The van der Waals surface area contributed by atoms with E-state index in [2.05, 4.69) is 5.32 Å². The first kappa shape index (κ1) is 12.3. The molecular weight excluding hydrogens is 202 g/mol. The van der Waals surface area contributed by atoms with Crippen molar-refractivity contribution < 1.29 is 9.47 Å². The Kier molecular flexibility index (Phi) is 5.07. The van der Waals surface area contributed by atoms with Crippen molar-refractivity contribution in [3.63, 3.8) is 0 Å². The minimum Gasteiger partial charge on any atom is -0.379 e. The van der Waals surface area contributed by atoms with E-state index in [1.165, 1.54) is 32.1 Å².